The van der Waals surface area contributed by atoms with Crippen molar-refractivity contribution in [3.63, 3.8) is 0 Å². The first-order valence-electron chi connectivity index (χ1n) is 6.23. The number of carbonyl (C=O) groups excluding carboxylic acids is 2. The topological polar surface area (TPSA) is 80.7 Å². The van der Waals surface area contributed by atoms with E-state index in [1.807, 2.05) is 0 Å². The first kappa shape index (κ1) is 15.6. The minimum absolute atomic E-state index is 0.236. The molecule has 0 aromatic heterocycles. The van der Waals surface area contributed by atoms with E-state index >= 15 is 0 Å². The molecule has 0 fully saturated rings. The van der Waals surface area contributed by atoms with E-state index in [1.54, 1.807) is 25.1 Å². The molecule has 0 amide bonds. The number of aliphatic carboxylic acids is 1. The van der Waals surface area contributed by atoms with E-state index in [2.05, 4.69) is 0 Å². The van der Waals surface area contributed by atoms with Gasteiger partial charge in [-0.25, -0.2) is 9.59 Å². The second kappa shape index (κ2) is 7.89. The number of hydrogen-bond acceptors (Lipinski definition) is 4. The van der Waals surface area contributed by atoms with E-state index in [-0.39, 0.29) is 6.61 Å². The van der Waals surface area contributed by atoms with E-state index in [0.717, 1.165) is 17.9 Å². The van der Waals surface area contributed by atoms with Crippen molar-refractivity contribution in [3.8, 4) is 0 Å². The highest BCUT2D eigenvalue weighted by Gasteiger charge is 2.12. The van der Waals surface area contributed by atoms with Crippen LogP contribution in [0.2, 0.25) is 0 Å². The number of esters is 1. The summed E-state index contributed by atoms with van der Waals surface area (Å²) in [5.41, 5.74) is 1.60. The lowest BCUT2D eigenvalue weighted by molar-refractivity contribution is -0.131. The largest absolute Gasteiger partial charge is 0.478 e. The van der Waals surface area contributed by atoms with Crippen LogP contribution in [0.3, 0.4) is 0 Å². The first-order valence-corrected chi connectivity index (χ1v) is 6.23. The van der Waals surface area contributed by atoms with Gasteiger partial charge in [-0.3, -0.25) is 0 Å². The molecule has 106 valence electrons. The zero-order chi connectivity index (χ0) is 15.0. The molecule has 5 nitrogen and oxygen atoms in total. The Labute approximate surface area is 116 Å². The number of ether oxygens (including phenoxy) is 1. The van der Waals surface area contributed by atoms with Crippen molar-refractivity contribution in [3.05, 3.63) is 41.0 Å². The predicted molar refractivity (Wildman–Crippen MR) is 73.5 cm³/mol. The lowest BCUT2D eigenvalue weighted by Gasteiger charge is -2.08. The molecule has 0 aliphatic heterocycles. The Morgan fingerprint density at radius 3 is 2.70 bits per heavy atom. The molecule has 20 heavy (non-hydrogen) atoms. The highest BCUT2D eigenvalue weighted by atomic mass is 16.5. The van der Waals surface area contributed by atoms with Crippen LogP contribution in [0.15, 0.2) is 24.3 Å². The van der Waals surface area contributed by atoms with Crippen LogP contribution in [-0.2, 0) is 20.7 Å². The van der Waals surface area contributed by atoms with E-state index < -0.39 is 11.9 Å². The fraction of sp³-hybridized carbons (Fsp3) is 0.267. The molecule has 0 radical (unpaired) electrons. The maximum Gasteiger partial charge on any atom is 0.338 e. The van der Waals surface area contributed by atoms with Crippen LogP contribution < -0.4 is 0 Å². The van der Waals surface area contributed by atoms with E-state index in [9.17, 15) is 14.4 Å². The number of carbonyl (C=O) groups is 3. The molecule has 1 aromatic carbocycles. The van der Waals surface area contributed by atoms with Gasteiger partial charge in [0.25, 0.3) is 0 Å². The Morgan fingerprint density at radius 2 is 2.10 bits per heavy atom. The van der Waals surface area contributed by atoms with Crippen molar-refractivity contribution in [2.24, 2.45) is 0 Å². The summed E-state index contributed by atoms with van der Waals surface area (Å²) in [5.74, 6) is -1.60. The molecular formula is C15H16O5. The summed E-state index contributed by atoms with van der Waals surface area (Å²) in [4.78, 5) is 32.8. The van der Waals surface area contributed by atoms with Gasteiger partial charge in [-0.1, -0.05) is 12.1 Å². The van der Waals surface area contributed by atoms with Crippen LogP contribution in [0.25, 0.3) is 6.08 Å². The van der Waals surface area contributed by atoms with Crippen molar-refractivity contribution in [2.75, 3.05) is 6.61 Å². The molecule has 0 unspecified atom stereocenters. The second-order valence-electron chi connectivity index (χ2n) is 4.02. The van der Waals surface area contributed by atoms with E-state index in [1.165, 1.54) is 6.08 Å². The second-order valence-corrected chi connectivity index (χ2v) is 4.02. The fourth-order valence-corrected chi connectivity index (χ4v) is 1.68. The Bertz CT molecular complexity index is 531. The SMILES string of the molecule is CCOC(=O)c1cc(CCC=O)ccc1/C=C/C(=O)O. The minimum Gasteiger partial charge on any atom is -0.478 e. The average Bonchev–Trinajstić information content (AvgIpc) is 2.43. The van der Waals surface area contributed by atoms with Gasteiger partial charge in [0.05, 0.1) is 12.2 Å². The molecule has 0 atom stereocenters. The molecule has 0 aliphatic rings. The van der Waals surface area contributed by atoms with Gasteiger partial charge < -0.3 is 14.6 Å². The quantitative estimate of drug-likeness (QED) is 0.468. The summed E-state index contributed by atoms with van der Waals surface area (Å²) in [6.07, 6.45) is 4.01. The highest BCUT2D eigenvalue weighted by molar-refractivity contribution is 5.95. The Kier molecular flexibility index (Phi) is 6.16. The van der Waals surface area contributed by atoms with Gasteiger partial charge in [-0.2, -0.15) is 0 Å². The zero-order valence-electron chi connectivity index (χ0n) is 11.2. The summed E-state index contributed by atoms with van der Waals surface area (Å²) in [6.45, 7) is 1.93. The molecule has 1 rings (SSSR count). The lowest BCUT2D eigenvalue weighted by atomic mass is 10.0. The number of rotatable bonds is 7. The molecule has 0 spiro atoms. The van der Waals surface area contributed by atoms with Gasteiger partial charge >= 0.3 is 11.9 Å². The third-order valence-electron chi connectivity index (χ3n) is 2.57. The number of carboxylic acid groups (broad SMARTS) is 1. The van der Waals surface area contributed by atoms with Crippen molar-refractivity contribution < 1.29 is 24.2 Å². The van der Waals surface area contributed by atoms with Crippen LogP contribution >= 0.6 is 0 Å². The van der Waals surface area contributed by atoms with Crippen molar-refractivity contribution in [1.29, 1.82) is 0 Å². The molecule has 1 N–H and O–H groups in total. The maximum atomic E-state index is 11.9. The van der Waals surface area contributed by atoms with Gasteiger partial charge in [0.2, 0.25) is 0 Å². The van der Waals surface area contributed by atoms with Crippen LogP contribution in [0.5, 0.6) is 0 Å². The van der Waals surface area contributed by atoms with Gasteiger partial charge in [-0.05, 0) is 36.6 Å². The third kappa shape index (κ3) is 4.68. The van der Waals surface area contributed by atoms with Crippen LogP contribution in [0.4, 0.5) is 0 Å². The third-order valence-corrected chi connectivity index (χ3v) is 2.57. The highest BCUT2D eigenvalue weighted by Crippen LogP contribution is 2.16. The summed E-state index contributed by atoms with van der Waals surface area (Å²) in [5, 5.41) is 8.64. The molecular weight excluding hydrogens is 260 g/mol. The summed E-state index contributed by atoms with van der Waals surface area (Å²) < 4.78 is 4.95. The van der Waals surface area contributed by atoms with Crippen molar-refractivity contribution in [1.82, 2.24) is 0 Å². The molecule has 0 heterocycles. The number of aldehydes is 1. The first-order chi connectivity index (χ1) is 9.58. The Balaban J connectivity index is 3.11. The van der Waals surface area contributed by atoms with Crippen molar-refractivity contribution >= 4 is 24.3 Å². The monoisotopic (exact) mass is 276 g/mol. The molecule has 5 heteroatoms. The van der Waals surface area contributed by atoms with Gasteiger partial charge in [0.1, 0.15) is 6.29 Å². The van der Waals surface area contributed by atoms with Crippen LogP contribution in [-0.4, -0.2) is 29.9 Å². The fourth-order valence-electron chi connectivity index (χ4n) is 1.68. The number of carboxylic acids is 1. The zero-order valence-corrected chi connectivity index (χ0v) is 11.2. The smallest absolute Gasteiger partial charge is 0.338 e. The van der Waals surface area contributed by atoms with E-state index in [0.29, 0.717) is 24.0 Å². The summed E-state index contributed by atoms with van der Waals surface area (Å²) in [6, 6.07) is 5.03. The standard InChI is InChI=1S/C15H16O5/c1-2-20-15(19)13-10-11(4-3-9-16)5-6-12(13)7-8-14(17)18/h5-10H,2-4H2,1H3,(H,17,18)/b8-7+. The molecule has 0 aliphatic carbocycles. The van der Waals surface area contributed by atoms with Gasteiger partial charge in [0, 0.05) is 12.5 Å². The normalized spacial score (nSPS) is 10.4. The van der Waals surface area contributed by atoms with Crippen molar-refractivity contribution in [2.45, 2.75) is 19.8 Å². The maximum absolute atomic E-state index is 11.9. The number of hydrogen-bond donors (Lipinski definition) is 1. The lowest BCUT2D eigenvalue weighted by Crippen LogP contribution is -2.07. The van der Waals surface area contributed by atoms with E-state index in [4.69, 9.17) is 9.84 Å². The molecule has 1 aromatic rings. The summed E-state index contributed by atoms with van der Waals surface area (Å²) >= 11 is 0. The summed E-state index contributed by atoms with van der Waals surface area (Å²) in [7, 11) is 0. The Hall–Kier alpha value is -2.43. The van der Waals surface area contributed by atoms with Crippen LogP contribution in [0, 0.1) is 0 Å². The molecule has 0 bridgehead atoms. The average molecular weight is 276 g/mol. The predicted octanol–water partition coefficient (Wildman–Crippen LogP) is 2.09. The van der Waals surface area contributed by atoms with Gasteiger partial charge in [-0.15, -0.1) is 0 Å². The number of benzene rings is 1. The molecule has 0 saturated carbocycles. The molecule has 0 saturated heterocycles. The van der Waals surface area contributed by atoms with Gasteiger partial charge in [0.15, 0.2) is 0 Å². The Morgan fingerprint density at radius 1 is 1.35 bits per heavy atom. The van der Waals surface area contributed by atoms with Crippen LogP contribution in [0.1, 0.15) is 34.8 Å². The minimum atomic E-state index is -1.09. The number of aryl methyl sites for hydroxylation is 1.